The SMILES string of the molecule is CC(C)(C)C(=O)OC[C@@]1(c2ccccc2)C=C[C@]2(CCC(=O)N2)CN1. The molecule has 5 nitrogen and oxygen atoms in total. The molecule has 25 heavy (non-hydrogen) atoms. The highest BCUT2D eigenvalue weighted by Gasteiger charge is 2.43. The van der Waals surface area contributed by atoms with Crippen molar-refractivity contribution in [2.24, 2.45) is 5.41 Å². The molecular formula is C20H26N2O3. The highest BCUT2D eigenvalue weighted by atomic mass is 16.5. The molecule has 0 bridgehead atoms. The Labute approximate surface area is 148 Å². The van der Waals surface area contributed by atoms with Gasteiger partial charge in [-0.3, -0.25) is 14.9 Å². The summed E-state index contributed by atoms with van der Waals surface area (Å²) in [6.07, 6.45) is 5.42. The second kappa shape index (κ2) is 6.30. The van der Waals surface area contributed by atoms with Gasteiger partial charge in [0.05, 0.1) is 16.5 Å². The maximum Gasteiger partial charge on any atom is 0.311 e. The van der Waals surface area contributed by atoms with Gasteiger partial charge in [-0.2, -0.15) is 0 Å². The zero-order valence-electron chi connectivity index (χ0n) is 15.1. The van der Waals surface area contributed by atoms with Crippen molar-refractivity contribution in [1.29, 1.82) is 0 Å². The van der Waals surface area contributed by atoms with Crippen molar-refractivity contribution >= 4 is 11.9 Å². The number of amides is 1. The van der Waals surface area contributed by atoms with Gasteiger partial charge in [-0.1, -0.05) is 42.5 Å². The van der Waals surface area contributed by atoms with Crippen LogP contribution in [0.1, 0.15) is 39.2 Å². The largest absolute Gasteiger partial charge is 0.463 e. The first kappa shape index (κ1) is 17.7. The van der Waals surface area contributed by atoms with Crippen molar-refractivity contribution in [3.05, 3.63) is 48.0 Å². The third-order valence-electron chi connectivity index (χ3n) is 4.92. The van der Waals surface area contributed by atoms with E-state index in [0.29, 0.717) is 13.0 Å². The number of ether oxygens (including phenoxy) is 1. The van der Waals surface area contributed by atoms with Gasteiger partial charge in [0.1, 0.15) is 6.61 Å². The molecule has 2 aliphatic rings. The number of esters is 1. The predicted octanol–water partition coefficient (Wildman–Crippen LogP) is 2.28. The Balaban J connectivity index is 1.86. The summed E-state index contributed by atoms with van der Waals surface area (Å²) in [5.74, 6) is -0.148. The molecule has 0 aliphatic carbocycles. The Morgan fingerprint density at radius 2 is 1.92 bits per heavy atom. The summed E-state index contributed by atoms with van der Waals surface area (Å²) in [5, 5.41) is 6.58. The normalized spacial score (nSPS) is 28.8. The maximum absolute atomic E-state index is 12.2. The Kier molecular flexibility index (Phi) is 4.45. The van der Waals surface area contributed by atoms with E-state index >= 15 is 0 Å². The van der Waals surface area contributed by atoms with Crippen LogP contribution in [-0.2, 0) is 19.9 Å². The molecule has 2 atom stereocenters. The van der Waals surface area contributed by atoms with Gasteiger partial charge in [0, 0.05) is 13.0 Å². The highest BCUT2D eigenvalue weighted by Crippen LogP contribution is 2.33. The van der Waals surface area contributed by atoms with Crippen molar-refractivity contribution in [2.45, 2.75) is 44.7 Å². The summed E-state index contributed by atoms with van der Waals surface area (Å²) in [6.45, 7) is 6.36. The predicted molar refractivity (Wildman–Crippen MR) is 95.8 cm³/mol. The Morgan fingerprint density at radius 1 is 1.20 bits per heavy atom. The molecule has 1 amide bonds. The van der Waals surface area contributed by atoms with Crippen LogP contribution in [-0.4, -0.2) is 30.6 Å². The van der Waals surface area contributed by atoms with Gasteiger partial charge in [-0.15, -0.1) is 0 Å². The average molecular weight is 342 g/mol. The molecule has 0 aromatic heterocycles. The van der Waals surface area contributed by atoms with Gasteiger partial charge in [-0.05, 0) is 32.8 Å². The first-order valence-corrected chi connectivity index (χ1v) is 8.74. The fourth-order valence-corrected chi connectivity index (χ4v) is 3.24. The molecule has 2 aliphatic heterocycles. The minimum atomic E-state index is -0.583. The van der Waals surface area contributed by atoms with Crippen LogP contribution >= 0.6 is 0 Å². The van der Waals surface area contributed by atoms with Crippen LogP contribution in [0.5, 0.6) is 0 Å². The number of hydrogen-bond donors (Lipinski definition) is 2. The molecule has 3 rings (SSSR count). The third-order valence-corrected chi connectivity index (χ3v) is 4.92. The molecule has 2 N–H and O–H groups in total. The van der Waals surface area contributed by atoms with Gasteiger partial charge < -0.3 is 10.1 Å². The first-order valence-electron chi connectivity index (χ1n) is 8.74. The number of hydrogen-bond acceptors (Lipinski definition) is 4. The van der Waals surface area contributed by atoms with Crippen LogP contribution in [0.15, 0.2) is 42.5 Å². The van der Waals surface area contributed by atoms with Crippen molar-refractivity contribution < 1.29 is 14.3 Å². The minimum Gasteiger partial charge on any atom is -0.463 e. The molecule has 1 fully saturated rings. The molecule has 1 saturated heterocycles. The molecule has 0 unspecified atom stereocenters. The van der Waals surface area contributed by atoms with Crippen LogP contribution < -0.4 is 10.6 Å². The minimum absolute atomic E-state index is 0.0813. The van der Waals surface area contributed by atoms with Crippen molar-refractivity contribution in [3.8, 4) is 0 Å². The summed E-state index contributed by atoms with van der Waals surface area (Å²) in [5.41, 5.74) is -0.423. The summed E-state index contributed by atoms with van der Waals surface area (Å²) < 4.78 is 5.64. The summed E-state index contributed by atoms with van der Waals surface area (Å²) in [4.78, 5) is 23.9. The third kappa shape index (κ3) is 3.61. The van der Waals surface area contributed by atoms with E-state index in [1.807, 2.05) is 57.2 Å². The van der Waals surface area contributed by atoms with E-state index in [1.165, 1.54) is 0 Å². The molecule has 2 heterocycles. The molecule has 134 valence electrons. The van der Waals surface area contributed by atoms with Crippen LogP contribution in [0.4, 0.5) is 0 Å². The van der Waals surface area contributed by atoms with E-state index in [1.54, 1.807) is 0 Å². The first-order chi connectivity index (χ1) is 11.7. The van der Waals surface area contributed by atoms with E-state index < -0.39 is 11.0 Å². The van der Waals surface area contributed by atoms with E-state index in [-0.39, 0.29) is 24.0 Å². The number of carbonyl (C=O) groups excluding carboxylic acids is 2. The molecule has 1 aromatic rings. The van der Waals surface area contributed by atoms with Gasteiger partial charge in [0.15, 0.2) is 0 Å². The smallest absolute Gasteiger partial charge is 0.311 e. The van der Waals surface area contributed by atoms with Gasteiger partial charge in [0.25, 0.3) is 0 Å². The lowest BCUT2D eigenvalue weighted by Crippen LogP contribution is -2.59. The van der Waals surface area contributed by atoms with Crippen LogP contribution in [0.25, 0.3) is 0 Å². The second-order valence-electron chi connectivity index (χ2n) is 8.05. The molecule has 0 saturated carbocycles. The van der Waals surface area contributed by atoms with Crippen LogP contribution in [0.2, 0.25) is 0 Å². The zero-order valence-corrected chi connectivity index (χ0v) is 15.1. The molecule has 1 aromatic carbocycles. The van der Waals surface area contributed by atoms with Gasteiger partial charge in [-0.25, -0.2) is 0 Å². The molecular weight excluding hydrogens is 316 g/mol. The summed E-state index contributed by atoms with van der Waals surface area (Å²) >= 11 is 0. The summed E-state index contributed by atoms with van der Waals surface area (Å²) in [7, 11) is 0. The van der Waals surface area contributed by atoms with E-state index in [9.17, 15) is 9.59 Å². The van der Waals surface area contributed by atoms with Gasteiger partial charge in [0.2, 0.25) is 5.91 Å². The topological polar surface area (TPSA) is 67.4 Å². The lowest BCUT2D eigenvalue weighted by molar-refractivity contribution is -0.154. The highest BCUT2D eigenvalue weighted by molar-refractivity contribution is 5.80. The number of carbonyl (C=O) groups is 2. The Hall–Kier alpha value is -2.14. The lowest BCUT2D eigenvalue weighted by atomic mass is 9.82. The van der Waals surface area contributed by atoms with Crippen molar-refractivity contribution in [1.82, 2.24) is 10.6 Å². The monoisotopic (exact) mass is 342 g/mol. The van der Waals surface area contributed by atoms with E-state index in [4.69, 9.17) is 4.74 Å². The van der Waals surface area contributed by atoms with Crippen molar-refractivity contribution in [3.63, 3.8) is 0 Å². The maximum atomic E-state index is 12.2. The average Bonchev–Trinajstić information content (AvgIpc) is 2.95. The molecule has 5 heteroatoms. The van der Waals surface area contributed by atoms with Crippen molar-refractivity contribution in [2.75, 3.05) is 13.2 Å². The number of nitrogens with one attached hydrogen (secondary N) is 2. The van der Waals surface area contributed by atoms with Crippen LogP contribution in [0.3, 0.4) is 0 Å². The van der Waals surface area contributed by atoms with E-state index in [0.717, 1.165) is 12.0 Å². The molecule has 1 spiro atoms. The van der Waals surface area contributed by atoms with E-state index in [2.05, 4.69) is 16.7 Å². The number of rotatable bonds is 3. The Morgan fingerprint density at radius 3 is 2.44 bits per heavy atom. The second-order valence-corrected chi connectivity index (χ2v) is 8.05. The lowest BCUT2D eigenvalue weighted by Gasteiger charge is -2.41. The summed E-state index contributed by atoms with van der Waals surface area (Å²) in [6, 6.07) is 9.95. The Bertz CT molecular complexity index is 693. The zero-order chi connectivity index (χ0) is 18.1. The standard InChI is InChI=1S/C20H26N2O3/c1-18(2,3)17(24)25-14-20(15-7-5-4-6-8-15)12-11-19(13-21-20)10-9-16(23)22-19/h4-8,11-12,21H,9-10,13-14H2,1-3H3,(H,22,23)/t19-,20-/m1/s1. The van der Waals surface area contributed by atoms with Gasteiger partial charge >= 0.3 is 5.97 Å². The quantitative estimate of drug-likeness (QED) is 0.653. The fraction of sp³-hybridized carbons (Fsp3) is 0.500. The molecule has 0 radical (unpaired) electrons. The fourth-order valence-electron chi connectivity index (χ4n) is 3.24. The van der Waals surface area contributed by atoms with Crippen LogP contribution in [0, 0.1) is 5.41 Å². The number of benzene rings is 1.